The minimum atomic E-state index is -0.308. The lowest BCUT2D eigenvalue weighted by molar-refractivity contribution is 0.0882. The first-order chi connectivity index (χ1) is 15.5. The van der Waals surface area contributed by atoms with E-state index in [1.54, 1.807) is 0 Å². The summed E-state index contributed by atoms with van der Waals surface area (Å²) in [4.78, 5) is 23.9. The largest absolute Gasteiger partial charge is 0.489 e. The Kier molecular flexibility index (Phi) is 6.80. The molecular formula is C24H30N6O2. The van der Waals surface area contributed by atoms with Gasteiger partial charge in [0.15, 0.2) is 5.82 Å². The molecule has 3 aromatic rings. The molecule has 4 rings (SSSR count). The molecule has 2 aromatic heterocycles. The fraction of sp³-hybridized carbons (Fsp3) is 0.417. The number of ether oxygens (including phenoxy) is 1. The first kappa shape index (κ1) is 22.0. The van der Waals surface area contributed by atoms with Gasteiger partial charge in [0.25, 0.3) is 5.91 Å². The molecule has 0 bridgehead atoms. The van der Waals surface area contributed by atoms with Crippen LogP contribution in [0.25, 0.3) is 0 Å². The average molecular weight is 435 g/mol. The summed E-state index contributed by atoms with van der Waals surface area (Å²) in [7, 11) is 0. The van der Waals surface area contributed by atoms with Gasteiger partial charge >= 0.3 is 0 Å². The van der Waals surface area contributed by atoms with Gasteiger partial charge in [-0.3, -0.25) is 19.8 Å². The second-order valence-corrected chi connectivity index (χ2v) is 8.42. The zero-order valence-corrected chi connectivity index (χ0v) is 18.8. The van der Waals surface area contributed by atoms with Crippen LogP contribution in [0.2, 0.25) is 0 Å². The van der Waals surface area contributed by atoms with Gasteiger partial charge in [-0.1, -0.05) is 11.6 Å². The topological polar surface area (TPSA) is 96.0 Å². The molecule has 1 aliphatic heterocycles. The molecule has 1 aliphatic rings. The number of hydrogen-bond donors (Lipinski definition) is 2. The fourth-order valence-electron chi connectivity index (χ4n) is 3.93. The van der Waals surface area contributed by atoms with Crippen molar-refractivity contribution >= 4 is 5.91 Å². The van der Waals surface area contributed by atoms with Crippen molar-refractivity contribution in [1.82, 2.24) is 30.4 Å². The molecule has 8 nitrogen and oxygen atoms in total. The smallest absolute Gasteiger partial charge is 0.255 e. The standard InChI is InChI=1S/C24H30N6O2/c1-16-4-5-22(21(14-16)24(31)26-17(2)23-27-18(3)28-29-23)32-20-8-12-30(13-9-20)15-19-6-10-25-11-7-19/h4-7,10-11,14,17,20H,8-9,12-13,15H2,1-3H3,(H,26,31)(H,27,28,29). The van der Waals surface area contributed by atoms with Crippen molar-refractivity contribution < 1.29 is 9.53 Å². The van der Waals surface area contributed by atoms with Crippen LogP contribution < -0.4 is 10.1 Å². The van der Waals surface area contributed by atoms with Crippen LogP contribution in [0.15, 0.2) is 42.7 Å². The van der Waals surface area contributed by atoms with Gasteiger partial charge in [0.1, 0.15) is 17.7 Å². The number of amides is 1. The van der Waals surface area contributed by atoms with Crippen molar-refractivity contribution in [2.75, 3.05) is 13.1 Å². The van der Waals surface area contributed by atoms with Crippen LogP contribution in [-0.2, 0) is 6.54 Å². The molecule has 8 heteroatoms. The lowest BCUT2D eigenvalue weighted by atomic mass is 10.1. The predicted molar refractivity (Wildman–Crippen MR) is 121 cm³/mol. The molecule has 0 spiro atoms. The highest BCUT2D eigenvalue weighted by molar-refractivity contribution is 5.97. The third kappa shape index (κ3) is 5.50. The summed E-state index contributed by atoms with van der Waals surface area (Å²) in [6.45, 7) is 8.52. The molecule has 0 aliphatic carbocycles. The van der Waals surface area contributed by atoms with E-state index in [4.69, 9.17) is 4.74 Å². The van der Waals surface area contributed by atoms with Gasteiger partial charge in [0.2, 0.25) is 0 Å². The molecule has 0 saturated carbocycles. The predicted octanol–water partition coefficient (Wildman–Crippen LogP) is 3.35. The fourth-order valence-corrected chi connectivity index (χ4v) is 3.93. The molecule has 32 heavy (non-hydrogen) atoms. The van der Waals surface area contributed by atoms with Crippen molar-refractivity contribution in [2.45, 2.75) is 52.3 Å². The van der Waals surface area contributed by atoms with Gasteiger partial charge in [-0.25, -0.2) is 4.98 Å². The number of likely N-dealkylation sites (tertiary alicyclic amines) is 1. The Morgan fingerprint density at radius 1 is 1.22 bits per heavy atom. The van der Waals surface area contributed by atoms with E-state index in [9.17, 15) is 4.79 Å². The van der Waals surface area contributed by atoms with E-state index in [0.29, 0.717) is 17.1 Å². The van der Waals surface area contributed by atoms with Crippen LogP contribution >= 0.6 is 0 Å². The van der Waals surface area contributed by atoms with Crippen LogP contribution in [0.1, 0.15) is 58.9 Å². The summed E-state index contributed by atoms with van der Waals surface area (Å²) in [5, 5.41) is 9.94. The number of nitrogens with zero attached hydrogens (tertiary/aromatic N) is 4. The van der Waals surface area contributed by atoms with Crippen LogP contribution in [-0.4, -0.2) is 50.2 Å². The van der Waals surface area contributed by atoms with Gasteiger partial charge in [0.05, 0.1) is 11.6 Å². The number of pyridine rings is 1. The number of aromatic amines is 1. The van der Waals surface area contributed by atoms with Crippen molar-refractivity contribution in [3.8, 4) is 5.75 Å². The number of nitrogens with one attached hydrogen (secondary N) is 2. The van der Waals surface area contributed by atoms with Crippen molar-refractivity contribution in [3.05, 3.63) is 71.1 Å². The SMILES string of the molecule is Cc1ccc(OC2CCN(Cc3ccncc3)CC2)c(C(=O)NC(C)c2n[nH]c(C)n2)c1. The Bertz CT molecular complexity index is 1040. The summed E-state index contributed by atoms with van der Waals surface area (Å²) >= 11 is 0. The molecule has 1 saturated heterocycles. The zero-order chi connectivity index (χ0) is 22.5. The van der Waals surface area contributed by atoms with E-state index in [2.05, 4.69) is 42.5 Å². The van der Waals surface area contributed by atoms with Crippen LogP contribution in [0.5, 0.6) is 5.75 Å². The Morgan fingerprint density at radius 2 is 1.97 bits per heavy atom. The van der Waals surface area contributed by atoms with E-state index in [1.165, 1.54) is 5.56 Å². The highest BCUT2D eigenvalue weighted by atomic mass is 16.5. The minimum Gasteiger partial charge on any atom is -0.489 e. The van der Waals surface area contributed by atoms with Crippen molar-refractivity contribution in [1.29, 1.82) is 0 Å². The lowest BCUT2D eigenvalue weighted by Crippen LogP contribution is -2.38. The second-order valence-electron chi connectivity index (χ2n) is 8.42. The maximum atomic E-state index is 13.0. The number of H-pyrrole nitrogens is 1. The molecule has 1 atom stereocenters. The molecule has 1 amide bonds. The van der Waals surface area contributed by atoms with Crippen LogP contribution in [0, 0.1) is 13.8 Å². The molecule has 1 fully saturated rings. The lowest BCUT2D eigenvalue weighted by Gasteiger charge is -2.32. The summed E-state index contributed by atoms with van der Waals surface area (Å²) in [6.07, 6.45) is 5.60. The van der Waals surface area contributed by atoms with Gasteiger partial charge in [-0.2, -0.15) is 5.10 Å². The molecule has 0 radical (unpaired) electrons. The maximum absolute atomic E-state index is 13.0. The Labute approximate surface area is 188 Å². The molecule has 1 aromatic carbocycles. The Balaban J connectivity index is 1.37. The number of hydrogen-bond acceptors (Lipinski definition) is 6. The van der Waals surface area contributed by atoms with Gasteiger partial charge in [-0.15, -0.1) is 0 Å². The van der Waals surface area contributed by atoms with Crippen molar-refractivity contribution in [2.24, 2.45) is 0 Å². The third-order valence-electron chi connectivity index (χ3n) is 5.71. The molecular weight excluding hydrogens is 404 g/mol. The van der Waals surface area contributed by atoms with Gasteiger partial charge in [-0.05, 0) is 63.4 Å². The monoisotopic (exact) mass is 434 g/mol. The molecule has 3 heterocycles. The van der Waals surface area contributed by atoms with E-state index in [0.717, 1.165) is 43.9 Å². The minimum absolute atomic E-state index is 0.0889. The maximum Gasteiger partial charge on any atom is 0.255 e. The summed E-state index contributed by atoms with van der Waals surface area (Å²) < 4.78 is 6.32. The summed E-state index contributed by atoms with van der Waals surface area (Å²) in [6, 6.07) is 9.56. The second kappa shape index (κ2) is 9.91. The number of piperidine rings is 1. The molecule has 2 N–H and O–H groups in total. The number of carbonyl (C=O) groups excluding carboxylic acids is 1. The van der Waals surface area contributed by atoms with Crippen LogP contribution in [0.4, 0.5) is 0 Å². The quantitative estimate of drug-likeness (QED) is 0.592. The molecule has 1 unspecified atom stereocenters. The van der Waals surface area contributed by atoms with Crippen molar-refractivity contribution in [3.63, 3.8) is 0 Å². The Morgan fingerprint density at radius 3 is 2.66 bits per heavy atom. The van der Waals surface area contributed by atoms with E-state index in [1.807, 2.05) is 51.4 Å². The number of carbonyl (C=O) groups is 1. The highest BCUT2D eigenvalue weighted by Crippen LogP contribution is 2.25. The Hall–Kier alpha value is -3.26. The number of rotatable bonds is 7. The van der Waals surface area contributed by atoms with E-state index >= 15 is 0 Å². The third-order valence-corrected chi connectivity index (χ3v) is 5.71. The van der Waals surface area contributed by atoms with E-state index in [-0.39, 0.29) is 18.1 Å². The van der Waals surface area contributed by atoms with Crippen LogP contribution in [0.3, 0.4) is 0 Å². The molecule has 168 valence electrons. The summed E-state index contributed by atoms with van der Waals surface area (Å²) in [5.74, 6) is 1.72. The zero-order valence-electron chi connectivity index (χ0n) is 18.8. The first-order valence-corrected chi connectivity index (χ1v) is 11.1. The summed E-state index contributed by atoms with van der Waals surface area (Å²) in [5.41, 5.74) is 2.83. The van der Waals surface area contributed by atoms with Gasteiger partial charge < -0.3 is 10.1 Å². The first-order valence-electron chi connectivity index (χ1n) is 11.1. The average Bonchev–Trinajstić information content (AvgIpc) is 3.23. The van der Waals surface area contributed by atoms with Gasteiger partial charge in [0, 0.05) is 32.0 Å². The number of benzene rings is 1. The number of aryl methyl sites for hydroxylation is 2. The van der Waals surface area contributed by atoms with E-state index < -0.39 is 0 Å². The highest BCUT2D eigenvalue weighted by Gasteiger charge is 2.24. The number of aromatic nitrogens is 4. The normalized spacial score (nSPS) is 16.0.